The molecule has 0 spiro atoms. The fourth-order valence-electron chi connectivity index (χ4n) is 2.02. The summed E-state index contributed by atoms with van der Waals surface area (Å²) in [6.07, 6.45) is 2.71. The second kappa shape index (κ2) is 7.00. The number of nitrogens with one attached hydrogen (secondary N) is 1. The van der Waals surface area contributed by atoms with Crippen molar-refractivity contribution in [1.82, 2.24) is 5.32 Å². The van der Waals surface area contributed by atoms with Crippen molar-refractivity contribution >= 4 is 15.9 Å². The number of carbonyl (C=O) groups is 1. The SMILES string of the molecule is CCCCC(C)NC(=O)c1cc(S(N)(=O)=O)c(C)cc1F. The predicted molar refractivity (Wildman–Crippen MR) is 79.0 cm³/mol. The van der Waals surface area contributed by atoms with Crippen molar-refractivity contribution in [3.63, 3.8) is 0 Å². The number of carbonyl (C=O) groups excluding carboxylic acids is 1. The van der Waals surface area contributed by atoms with Gasteiger partial charge in [0.15, 0.2) is 0 Å². The van der Waals surface area contributed by atoms with E-state index in [4.69, 9.17) is 5.14 Å². The van der Waals surface area contributed by atoms with Crippen LogP contribution in [0.15, 0.2) is 17.0 Å². The Hall–Kier alpha value is -1.47. The quantitative estimate of drug-likeness (QED) is 0.842. The minimum Gasteiger partial charge on any atom is -0.349 e. The van der Waals surface area contributed by atoms with Gasteiger partial charge in [-0.15, -0.1) is 0 Å². The molecule has 3 N–H and O–H groups in total. The topological polar surface area (TPSA) is 89.3 Å². The first kappa shape index (κ1) is 17.6. The number of nitrogens with two attached hydrogens (primary N) is 1. The Labute approximate surface area is 124 Å². The molecule has 0 aromatic heterocycles. The smallest absolute Gasteiger partial charge is 0.254 e. The highest BCUT2D eigenvalue weighted by Crippen LogP contribution is 2.19. The number of unbranched alkanes of at least 4 members (excludes halogenated alkanes) is 1. The summed E-state index contributed by atoms with van der Waals surface area (Å²) in [5, 5.41) is 7.72. The van der Waals surface area contributed by atoms with Crippen LogP contribution >= 0.6 is 0 Å². The highest BCUT2D eigenvalue weighted by Gasteiger charge is 2.20. The van der Waals surface area contributed by atoms with E-state index in [-0.39, 0.29) is 22.1 Å². The van der Waals surface area contributed by atoms with Gasteiger partial charge in [0, 0.05) is 6.04 Å². The molecule has 0 aliphatic heterocycles. The lowest BCUT2D eigenvalue weighted by molar-refractivity contribution is 0.0933. The highest BCUT2D eigenvalue weighted by atomic mass is 32.2. The molecule has 5 nitrogen and oxygen atoms in total. The summed E-state index contributed by atoms with van der Waals surface area (Å²) in [4.78, 5) is 11.8. The molecule has 0 aliphatic rings. The van der Waals surface area contributed by atoms with Crippen molar-refractivity contribution in [2.24, 2.45) is 5.14 Å². The lowest BCUT2D eigenvalue weighted by Gasteiger charge is -2.14. The van der Waals surface area contributed by atoms with Crippen LogP contribution in [0.2, 0.25) is 0 Å². The van der Waals surface area contributed by atoms with E-state index in [0.29, 0.717) is 0 Å². The first-order valence-electron chi connectivity index (χ1n) is 6.80. The largest absolute Gasteiger partial charge is 0.349 e. The van der Waals surface area contributed by atoms with Crippen LogP contribution in [0.4, 0.5) is 4.39 Å². The van der Waals surface area contributed by atoms with E-state index in [1.165, 1.54) is 6.92 Å². The number of aryl methyl sites for hydroxylation is 1. The van der Waals surface area contributed by atoms with Crippen LogP contribution in [-0.2, 0) is 10.0 Å². The second-order valence-corrected chi connectivity index (χ2v) is 6.69. The van der Waals surface area contributed by atoms with Gasteiger partial charge in [0.25, 0.3) is 5.91 Å². The van der Waals surface area contributed by atoms with Crippen LogP contribution in [0, 0.1) is 12.7 Å². The van der Waals surface area contributed by atoms with Gasteiger partial charge < -0.3 is 5.32 Å². The van der Waals surface area contributed by atoms with Gasteiger partial charge in [0.2, 0.25) is 10.0 Å². The number of amides is 1. The molecule has 0 fully saturated rings. The van der Waals surface area contributed by atoms with Gasteiger partial charge in [0.1, 0.15) is 5.82 Å². The maximum atomic E-state index is 13.9. The molecule has 21 heavy (non-hydrogen) atoms. The standard InChI is InChI=1S/C14H21FN2O3S/c1-4-5-6-10(3)17-14(18)11-8-13(21(16,19)20)9(2)7-12(11)15/h7-8,10H,4-6H2,1-3H3,(H,17,18)(H2,16,19,20). The third-order valence-corrected chi connectivity index (χ3v) is 4.24. The summed E-state index contributed by atoms with van der Waals surface area (Å²) >= 11 is 0. The van der Waals surface area contributed by atoms with Gasteiger partial charge in [-0.1, -0.05) is 19.8 Å². The fraction of sp³-hybridized carbons (Fsp3) is 0.500. The second-order valence-electron chi connectivity index (χ2n) is 5.16. The van der Waals surface area contributed by atoms with E-state index in [1.54, 1.807) is 0 Å². The fourth-order valence-corrected chi connectivity index (χ4v) is 2.81. The molecule has 1 rings (SSSR count). The Morgan fingerprint density at radius 2 is 2.05 bits per heavy atom. The molecule has 0 aliphatic carbocycles. The van der Waals surface area contributed by atoms with Crippen LogP contribution < -0.4 is 10.5 Å². The van der Waals surface area contributed by atoms with Crippen molar-refractivity contribution in [2.45, 2.75) is 51.0 Å². The van der Waals surface area contributed by atoms with Crippen LogP contribution in [0.1, 0.15) is 49.0 Å². The van der Waals surface area contributed by atoms with Gasteiger partial charge in [-0.3, -0.25) is 4.79 Å². The number of rotatable bonds is 6. The molecule has 1 atom stereocenters. The van der Waals surface area contributed by atoms with E-state index in [9.17, 15) is 17.6 Å². The van der Waals surface area contributed by atoms with Gasteiger partial charge in [-0.25, -0.2) is 17.9 Å². The summed E-state index contributed by atoms with van der Waals surface area (Å²) in [6, 6.07) is 1.88. The number of sulfonamides is 1. The first-order valence-corrected chi connectivity index (χ1v) is 8.35. The molecule has 1 amide bonds. The van der Waals surface area contributed by atoms with Gasteiger partial charge >= 0.3 is 0 Å². The van der Waals surface area contributed by atoms with Crippen molar-refractivity contribution in [3.05, 3.63) is 29.1 Å². The summed E-state index contributed by atoms with van der Waals surface area (Å²) in [5.41, 5.74) is -0.140. The molecular formula is C14H21FN2O3S. The number of hydrogen-bond donors (Lipinski definition) is 2. The Bertz CT molecular complexity index is 629. The third-order valence-electron chi connectivity index (χ3n) is 3.18. The van der Waals surface area contributed by atoms with E-state index >= 15 is 0 Å². The van der Waals surface area contributed by atoms with Crippen molar-refractivity contribution in [1.29, 1.82) is 0 Å². The molecule has 0 saturated carbocycles. The highest BCUT2D eigenvalue weighted by molar-refractivity contribution is 7.89. The Morgan fingerprint density at radius 3 is 2.57 bits per heavy atom. The van der Waals surface area contributed by atoms with Crippen LogP contribution in [-0.4, -0.2) is 20.4 Å². The normalized spacial score (nSPS) is 13.0. The minimum atomic E-state index is -4.00. The van der Waals surface area contributed by atoms with Gasteiger partial charge in [-0.05, 0) is 38.0 Å². The minimum absolute atomic E-state index is 0.115. The average molecular weight is 316 g/mol. The lowest BCUT2D eigenvalue weighted by Crippen LogP contribution is -2.33. The number of hydrogen-bond acceptors (Lipinski definition) is 3. The van der Waals surface area contributed by atoms with E-state index in [1.807, 2.05) is 13.8 Å². The molecule has 0 heterocycles. The van der Waals surface area contributed by atoms with E-state index < -0.39 is 21.7 Å². The summed E-state index contributed by atoms with van der Waals surface area (Å²) in [6.45, 7) is 5.28. The van der Waals surface area contributed by atoms with E-state index in [2.05, 4.69) is 5.32 Å². The molecule has 1 unspecified atom stereocenters. The molecular weight excluding hydrogens is 295 g/mol. The Kier molecular flexibility index (Phi) is 5.86. The van der Waals surface area contributed by atoms with Gasteiger partial charge in [-0.2, -0.15) is 0 Å². The summed E-state index contributed by atoms with van der Waals surface area (Å²) in [5.74, 6) is -1.40. The Balaban J connectivity index is 3.05. The lowest BCUT2D eigenvalue weighted by atomic mass is 10.1. The zero-order valence-electron chi connectivity index (χ0n) is 12.4. The summed E-state index contributed by atoms with van der Waals surface area (Å²) in [7, 11) is -4.00. The zero-order valence-corrected chi connectivity index (χ0v) is 13.3. The number of primary sulfonamides is 1. The Morgan fingerprint density at radius 1 is 1.43 bits per heavy atom. The van der Waals surface area contributed by atoms with Crippen molar-refractivity contribution in [3.8, 4) is 0 Å². The summed E-state index contributed by atoms with van der Waals surface area (Å²) < 4.78 is 36.7. The van der Waals surface area contributed by atoms with E-state index in [0.717, 1.165) is 31.4 Å². The predicted octanol–water partition coefficient (Wildman–Crippen LogP) is 2.09. The zero-order chi connectivity index (χ0) is 16.2. The van der Waals surface area contributed by atoms with Crippen molar-refractivity contribution < 1.29 is 17.6 Å². The molecule has 1 aromatic carbocycles. The van der Waals surface area contributed by atoms with Crippen LogP contribution in [0.5, 0.6) is 0 Å². The molecule has 0 radical (unpaired) electrons. The molecule has 0 saturated heterocycles. The van der Waals surface area contributed by atoms with Gasteiger partial charge in [0.05, 0.1) is 10.5 Å². The number of benzene rings is 1. The monoisotopic (exact) mass is 316 g/mol. The average Bonchev–Trinajstić information content (AvgIpc) is 2.34. The molecule has 0 bridgehead atoms. The van der Waals surface area contributed by atoms with Crippen molar-refractivity contribution in [2.75, 3.05) is 0 Å². The first-order chi connectivity index (χ1) is 9.66. The molecule has 1 aromatic rings. The third kappa shape index (κ3) is 4.78. The number of halogens is 1. The van der Waals surface area contributed by atoms with Crippen LogP contribution in [0.3, 0.4) is 0 Å². The molecule has 118 valence electrons. The molecule has 7 heteroatoms. The maximum Gasteiger partial charge on any atom is 0.254 e. The van der Waals surface area contributed by atoms with Crippen LogP contribution in [0.25, 0.3) is 0 Å². The maximum absolute atomic E-state index is 13.9.